The van der Waals surface area contributed by atoms with Gasteiger partial charge in [-0.15, -0.1) is 21.5 Å². The van der Waals surface area contributed by atoms with Crippen LogP contribution in [-0.4, -0.2) is 35.9 Å². The molecule has 154 valence electrons. The third kappa shape index (κ3) is 3.67. The number of rotatable bonds is 4. The van der Waals surface area contributed by atoms with Crippen molar-refractivity contribution in [3.8, 4) is 11.4 Å². The van der Waals surface area contributed by atoms with E-state index in [2.05, 4.69) is 25.1 Å². The van der Waals surface area contributed by atoms with Gasteiger partial charge in [0.1, 0.15) is 22.7 Å². The molecule has 0 fully saturated rings. The Balaban J connectivity index is 1.60. The third-order valence-corrected chi connectivity index (χ3v) is 7.08. The van der Waals surface area contributed by atoms with Crippen molar-refractivity contribution in [3.05, 3.63) is 41.3 Å². The average Bonchev–Trinajstić information content (AvgIpc) is 3.29. The van der Waals surface area contributed by atoms with Crippen LogP contribution >= 0.6 is 23.1 Å². The van der Waals surface area contributed by atoms with Crippen LogP contribution in [0.2, 0.25) is 0 Å². The van der Waals surface area contributed by atoms with E-state index in [0.29, 0.717) is 10.6 Å². The number of hydrogen-bond acceptors (Lipinski definition) is 7. The van der Waals surface area contributed by atoms with E-state index in [-0.39, 0.29) is 11.0 Å². The van der Waals surface area contributed by atoms with Gasteiger partial charge >= 0.3 is 6.18 Å². The molecule has 4 aromatic heterocycles. The number of alkyl halides is 3. The van der Waals surface area contributed by atoms with Crippen LogP contribution < -0.4 is 0 Å². The number of hydrogen-bond donors (Lipinski definition) is 0. The highest BCUT2D eigenvalue weighted by Gasteiger charge is 2.32. The van der Waals surface area contributed by atoms with Gasteiger partial charge in [-0.05, 0) is 55.1 Å². The molecule has 0 saturated carbocycles. The van der Waals surface area contributed by atoms with Gasteiger partial charge in [0, 0.05) is 28.2 Å². The number of halogens is 3. The molecule has 0 radical (unpaired) electrons. The second-order valence-electron chi connectivity index (χ2n) is 6.92. The van der Waals surface area contributed by atoms with Crippen molar-refractivity contribution >= 4 is 33.3 Å². The second kappa shape index (κ2) is 7.62. The van der Waals surface area contributed by atoms with Crippen LogP contribution in [0, 0.1) is 0 Å². The maximum atomic E-state index is 13.3. The molecule has 0 aliphatic heterocycles. The smallest absolute Gasteiger partial charge is 0.293 e. The minimum atomic E-state index is -4.41. The fraction of sp³-hybridized carbons (Fsp3) is 0.316. The molecule has 5 rings (SSSR count). The predicted molar refractivity (Wildman–Crippen MR) is 107 cm³/mol. The molecule has 0 unspecified atom stereocenters. The van der Waals surface area contributed by atoms with Crippen LogP contribution in [0.4, 0.5) is 13.2 Å². The van der Waals surface area contributed by atoms with Crippen molar-refractivity contribution in [1.82, 2.24) is 29.7 Å². The summed E-state index contributed by atoms with van der Waals surface area (Å²) >= 11 is 2.75. The first kappa shape index (κ1) is 19.4. The van der Waals surface area contributed by atoms with E-state index < -0.39 is 12.7 Å². The Labute approximate surface area is 177 Å². The van der Waals surface area contributed by atoms with Gasteiger partial charge < -0.3 is 0 Å². The lowest BCUT2D eigenvalue weighted by atomic mass is 9.97. The van der Waals surface area contributed by atoms with Crippen LogP contribution in [0.25, 0.3) is 21.6 Å². The van der Waals surface area contributed by atoms with E-state index in [4.69, 9.17) is 0 Å². The highest BCUT2D eigenvalue weighted by Crippen LogP contribution is 2.41. The SMILES string of the molecule is FC(F)(F)Cn1c(Sc2ncnc3sc4c(c23)CCCC4)nnc1-c1ccncc1. The zero-order chi connectivity index (χ0) is 20.7. The molecule has 6 nitrogen and oxygen atoms in total. The van der Waals surface area contributed by atoms with Gasteiger partial charge in [-0.3, -0.25) is 9.55 Å². The van der Waals surface area contributed by atoms with Gasteiger partial charge in [-0.25, -0.2) is 9.97 Å². The van der Waals surface area contributed by atoms with E-state index in [1.165, 1.54) is 29.2 Å². The number of pyridine rings is 1. The molecule has 1 aliphatic rings. The first-order valence-electron chi connectivity index (χ1n) is 9.33. The summed E-state index contributed by atoms with van der Waals surface area (Å²) in [5.41, 5.74) is 1.75. The number of aryl methyl sites for hydroxylation is 2. The predicted octanol–water partition coefficient (Wildman–Crippen LogP) is 4.94. The molecular formula is C19H15F3N6S2. The van der Waals surface area contributed by atoms with E-state index in [1.54, 1.807) is 23.5 Å². The summed E-state index contributed by atoms with van der Waals surface area (Å²) in [4.78, 5) is 14.9. The maximum Gasteiger partial charge on any atom is 0.406 e. The summed E-state index contributed by atoms with van der Waals surface area (Å²) < 4.78 is 41.1. The lowest BCUT2D eigenvalue weighted by Gasteiger charge is -2.13. The van der Waals surface area contributed by atoms with Crippen LogP contribution in [-0.2, 0) is 19.4 Å². The molecule has 0 spiro atoms. The summed E-state index contributed by atoms with van der Waals surface area (Å²) in [6.07, 6.45) is 4.26. The lowest BCUT2D eigenvalue weighted by molar-refractivity contribution is -0.141. The fourth-order valence-corrected chi connectivity index (χ4v) is 5.86. The van der Waals surface area contributed by atoms with Crippen molar-refractivity contribution in [3.63, 3.8) is 0 Å². The zero-order valence-electron chi connectivity index (χ0n) is 15.6. The Morgan fingerprint density at radius 2 is 1.87 bits per heavy atom. The van der Waals surface area contributed by atoms with Gasteiger partial charge in [0.15, 0.2) is 11.0 Å². The van der Waals surface area contributed by atoms with Gasteiger partial charge in [0.25, 0.3) is 0 Å². The highest BCUT2D eigenvalue weighted by atomic mass is 32.2. The third-order valence-electron chi connectivity index (χ3n) is 4.90. The van der Waals surface area contributed by atoms with E-state index in [1.807, 2.05) is 0 Å². The highest BCUT2D eigenvalue weighted by molar-refractivity contribution is 7.99. The molecule has 0 aromatic carbocycles. The standard InChI is InChI=1S/C19H15F3N6S2/c20-19(21,22)9-28-15(11-5-7-23-8-6-11)26-27-18(28)30-17-14-12-3-1-2-4-13(12)29-16(14)24-10-25-17/h5-8,10H,1-4,9H2. The summed E-state index contributed by atoms with van der Waals surface area (Å²) in [5, 5.41) is 9.83. The molecule has 0 bridgehead atoms. The van der Waals surface area contributed by atoms with Crippen molar-refractivity contribution in [2.24, 2.45) is 0 Å². The van der Waals surface area contributed by atoms with E-state index >= 15 is 0 Å². The maximum absolute atomic E-state index is 13.3. The van der Waals surface area contributed by atoms with Crippen LogP contribution in [0.3, 0.4) is 0 Å². The second-order valence-corrected chi connectivity index (χ2v) is 8.95. The Morgan fingerprint density at radius 1 is 1.07 bits per heavy atom. The molecule has 0 N–H and O–H groups in total. The van der Waals surface area contributed by atoms with E-state index in [0.717, 1.165) is 52.2 Å². The first-order valence-corrected chi connectivity index (χ1v) is 11.0. The fourth-order valence-electron chi connectivity index (χ4n) is 3.63. The number of fused-ring (bicyclic) bond motifs is 3. The molecule has 0 atom stereocenters. The van der Waals surface area contributed by atoms with Gasteiger partial charge in [-0.1, -0.05) is 0 Å². The van der Waals surface area contributed by atoms with Crippen LogP contribution in [0.1, 0.15) is 23.3 Å². The zero-order valence-corrected chi connectivity index (χ0v) is 17.2. The quantitative estimate of drug-likeness (QED) is 0.412. The Bertz CT molecular complexity index is 1200. The Kier molecular flexibility index (Phi) is 4.94. The number of aromatic nitrogens is 6. The van der Waals surface area contributed by atoms with Gasteiger partial charge in [0.05, 0.1) is 0 Å². The van der Waals surface area contributed by atoms with Crippen LogP contribution in [0.15, 0.2) is 41.0 Å². The number of thiophene rings is 1. The molecule has 30 heavy (non-hydrogen) atoms. The van der Waals surface area contributed by atoms with Gasteiger partial charge in [0.2, 0.25) is 0 Å². The monoisotopic (exact) mass is 448 g/mol. The normalized spacial score (nSPS) is 14.2. The average molecular weight is 448 g/mol. The summed E-state index contributed by atoms with van der Waals surface area (Å²) in [6, 6.07) is 3.23. The first-order chi connectivity index (χ1) is 14.5. The Hall–Kier alpha value is -2.53. The minimum Gasteiger partial charge on any atom is -0.293 e. The van der Waals surface area contributed by atoms with Crippen molar-refractivity contribution in [2.75, 3.05) is 0 Å². The molecule has 0 amide bonds. The molecular weight excluding hydrogens is 433 g/mol. The summed E-state index contributed by atoms with van der Waals surface area (Å²) in [7, 11) is 0. The molecule has 0 saturated heterocycles. The largest absolute Gasteiger partial charge is 0.406 e. The van der Waals surface area contributed by atoms with Gasteiger partial charge in [-0.2, -0.15) is 13.2 Å². The summed E-state index contributed by atoms with van der Waals surface area (Å²) in [6.45, 7) is -1.18. The Morgan fingerprint density at radius 3 is 2.67 bits per heavy atom. The van der Waals surface area contributed by atoms with Crippen molar-refractivity contribution < 1.29 is 13.2 Å². The summed E-state index contributed by atoms with van der Waals surface area (Å²) in [5.74, 6) is 0.148. The topological polar surface area (TPSA) is 69.4 Å². The van der Waals surface area contributed by atoms with E-state index in [9.17, 15) is 13.2 Å². The molecule has 1 aliphatic carbocycles. The van der Waals surface area contributed by atoms with Crippen LogP contribution in [0.5, 0.6) is 0 Å². The molecule has 4 heterocycles. The number of nitrogens with zero attached hydrogens (tertiary/aromatic N) is 6. The lowest BCUT2D eigenvalue weighted by Crippen LogP contribution is -2.19. The molecule has 11 heteroatoms. The minimum absolute atomic E-state index is 0.148. The van der Waals surface area contributed by atoms with Crippen molar-refractivity contribution in [1.29, 1.82) is 0 Å². The van der Waals surface area contributed by atoms with Crippen molar-refractivity contribution in [2.45, 2.75) is 48.6 Å². The molecule has 4 aromatic rings.